The Bertz CT molecular complexity index is 1080. The van der Waals surface area contributed by atoms with E-state index >= 15 is 0 Å². The maximum absolute atomic E-state index is 12.9. The maximum atomic E-state index is 12.9. The predicted octanol–water partition coefficient (Wildman–Crippen LogP) is 4.78. The summed E-state index contributed by atoms with van der Waals surface area (Å²) in [5.74, 6) is -1.59. The Morgan fingerprint density at radius 1 is 1.00 bits per heavy atom. The van der Waals surface area contributed by atoms with Gasteiger partial charge in [-0.1, -0.05) is 48.0 Å². The Kier molecular flexibility index (Phi) is 6.55. The average molecular weight is 441 g/mol. The second-order valence-electron chi connectivity index (χ2n) is 6.71. The van der Waals surface area contributed by atoms with Gasteiger partial charge in [-0.2, -0.15) is 0 Å². The lowest BCUT2D eigenvalue weighted by molar-refractivity contribution is -0.140. The number of ketones is 1. The molecule has 0 spiro atoms. The molecule has 1 aliphatic rings. The molecular formula is C23H18Cl2N2O3. The average Bonchev–Trinajstić information content (AvgIpc) is 3.00. The van der Waals surface area contributed by atoms with Crippen LogP contribution in [0.4, 0.5) is 0 Å². The number of carbonyl (C=O) groups is 2. The van der Waals surface area contributed by atoms with Crippen molar-refractivity contribution in [3.05, 3.63) is 106 Å². The maximum Gasteiger partial charge on any atom is 0.295 e. The Labute approximate surface area is 185 Å². The lowest BCUT2D eigenvalue weighted by Crippen LogP contribution is -2.29. The van der Waals surface area contributed by atoms with Gasteiger partial charge in [0, 0.05) is 29.5 Å². The van der Waals surface area contributed by atoms with Crippen molar-refractivity contribution in [3.63, 3.8) is 0 Å². The normalized spacial score (nSPS) is 17.6. The van der Waals surface area contributed by atoms with Crippen molar-refractivity contribution in [1.82, 2.24) is 9.88 Å². The third-order valence-electron chi connectivity index (χ3n) is 4.85. The van der Waals surface area contributed by atoms with Crippen molar-refractivity contribution < 1.29 is 14.7 Å². The summed E-state index contributed by atoms with van der Waals surface area (Å²) in [5, 5.41) is 11.5. The highest BCUT2D eigenvalue weighted by molar-refractivity contribution is 6.46. The van der Waals surface area contributed by atoms with Crippen LogP contribution >= 0.6 is 24.0 Å². The zero-order chi connectivity index (χ0) is 20.4. The molecule has 5 nitrogen and oxygen atoms in total. The second kappa shape index (κ2) is 9.11. The van der Waals surface area contributed by atoms with Crippen molar-refractivity contribution in [3.8, 4) is 0 Å². The van der Waals surface area contributed by atoms with Crippen LogP contribution in [0, 0.1) is 0 Å². The van der Waals surface area contributed by atoms with Gasteiger partial charge in [-0.3, -0.25) is 14.6 Å². The first kappa shape index (κ1) is 21.6. The van der Waals surface area contributed by atoms with Crippen LogP contribution in [-0.2, 0) is 16.1 Å². The molecule has 1 unspecified atom stereocenters. The molecule has 1 atom stereocenters. The molecule has 0 saturated carbocycles. The number of rotatable bonds is 4. The Balaban J connectivity index is 0.00000256. The number of aliphatic hydroxyl groups is 1. The molecule has 3 aromatic rings. The smallest absolute Gasteiger partial charge is 0.295 e. The van der Waals surface area contributed by atoms with E-state index in [1.807, 2.05) is 36.4 Å². The van der Waals surface area contributed by atoms with Crippen LogP contribution in [0.3, 0.4) is 0 Å². The Morgan fingerprint density at radius 3 is 2.33 bits per heavy atom. The lowest BCUT2D eigenvalue weighted by atomic mass is 9.95. The molecule has 1 aliphatic heterocycles. The number of aromatic nitrogens is 1. The first-order valence-corrected chi connectivity index (χ1v) is 9.42. The second-order valence-corrected chi connectivity index (χ2v) is 7.14. The van der Waals surface area contributed by atoms with Crippen molar-refractivity contribution in [1.29, 1.82) is 0 Å². The monoisotopic (exact) mass is 440 g/mol. The fraction of sp³-hybridized carbons (Fsp3) is 0.0870. The zero-order valence-electron chi connectivity index (χ0n) is 15.7. The summed E-state index contributed by atoms with van der Waals surface area (Å²) in [4.78, 5) is 31.4. The number of halogens is 2. The number of Topliss-reactive ketones (excluding diaryl/α,β-unsaturated/α-hetero) is 1. The van der Waals surface area contributed by atoms with Gasteiger partial charge < -0.3 is 10.0 Å². The molecule has 2 heterocycles. The summed E-state index contributed by atoms with van der Waals surface area (Å²) >= 11 is 5.93. The fourth-order valence-electron chi connectivity index (χ4n) is 3.48. The van der Waals surface area contributed by atoms with Crippen LogP contribution < -0.4 is 0 Å². The number of benzene rings is 2. The first-order valence-electron chi connectivity index (χ1n) is 9.04. The number of pyridine rings is 1. The summed E-state index contributed by atoms with van der Waals surface area (Å²) in [6.45, 7) is 0.204. The highest BCUT2D eigenvalue weighted by atomic mass is 35.5. The van der Waals surface area contributed by atoms with E-state index in [1.165, 1.54) is 4.90 Å². The van der Waals surface area contributed by atoms with Gasteiger partial charge in [-0.05, 0) is 41.5 Å². The van der Waals surface area contributed by atoms with Gasteiger partial charge in [-0.25, -0.2) is 0 Å². The van der Waals surface area contributed by atoms with E-state index in [4.69, 9.17) is 11.6 Å². The molecule has 1 aromatic heterocycles. The number of hydrogen-bond donors (Lipinski definition) is 1. The largest absolute Gasteiger partial charge is 0.507 e. The highest BCUT2D eigenvalue weighted by Gasteiger charge is 2.46. The number of aliphatic hydroxyl groups excluding tert-OH is 1. The summed E-state index contributed by atoms with van der Waals surface area (Å²) in [5.41, 5.74) is 2.02. The number of carbonyl (C=O) groups excluding carboxylic acids is 2. The Hall–Kier alpha value is -3.15. The van der Waals surface area contributed by atoms with E-state index < -0.39 is 17.7 Å². The number of hydrogen-bond acceptors (Lipinski definition) is 4. The summed E-state index contributed by atoms with van der Waals surface area (Å²) in [7, 11) is 0. The van der Waals surface area contributed by atoms with Gasteiger partial charge in [0.25, 0.3) is 11.7 Å². The topological polar surface area (TPSA) is 70.5 Å². The third-order valence-corrected chi connectivity index (χ3v) is 5.10. The van der Waals surface area contributed by atoms with Crippen LogP contribution in [-0.4, -0.2) is 26.7 Å². The quantitative estimate of drug-likeness (QED) is 0.360. The van der Waals surface area contributed by atoms with Crippen LogP contribution in [0.2, 0.25) is 5.02 Å². The van der Waals surface area contributed by atoms with Crippen molar-refractivity contribution >= 4 is 41.5 Å². The van der Waals surface area contributed by atoms with Crippen molar-refractivity contribution in [2.45, 2.75) is 12.6 Å². The molecule has 4 rings (SSSR count). The molecule has 7 heteroatoms. The summed E-state index contributed by atoms with van der Waals surface area (Å²) in [6.07, 6.45) is 3.30. The van der Waals surface area contributed by atoms with Crippen LogP contribution in [0.1, 0.15) is 22.7 Å². The molecule has 2 aromatic carbocycles. The first-order chi connectivity index (χ1) is 14.1. The standard InChI is InChI=1S/C23H17ClN2O3.ClH/c24-18-10-8-17(9-11-18)21(27)19-20(16-6-2-1-3-7-16)26(23(29)22(19)28)14-15-5-4-12-25-13-15;/h1-13,20,27H,14H2;1H/b21-19+;. The molecule has 1 N–H and O–H groups in total. The lowest BCUT2D eigenvalue weighted by Gasteiger charge is -2.25. The molecule has 30 heavy (non-hydrogen) atoms. The van der Waals surface area contributed by atoms with Gasteiger partial charge in [0.05, 0.1) is 11.6 Å². The van der Waals surface area contributed by atoms with Crippen LogP contribution in [0.5, 0.6) is 0 Å². The summed E-state index contributed by atoms with van der Waals surface area (Å²) < 4.78 is 0. The molecule has 1 saturated heterocycles. The molecular weight excluding hydrogens is 423 g/mol. The number of nitrogens with zero attached hydrogens (tertiary/aromatic N) is 2. The van der Waals surface area contributed by atoms with E-state index in [9.17, 15) is 14.7 Å². The van der Waals surface area contributed by atoms with Gasteiger partial charge in [0.2, 0.25) is 0 Å². The molecule has 0 radical (unpaired) electrons. The number of likely N-dealkylation sites (tertiary alicyclic amines) is 1. The third kappa shape index (κ3) is 4.08. The molecule has 1 amide bonds. The highest BCUT2D eigenvalue weighted by Crippen LogP contribution is 2.40. The predicted molar refractivity (Wildman–Crippen MR) is 117 cm³/mol. The van der Waals surface area contributed by atoms with Gasteiger partial charge in [-0.15, -0.1) is 12.4 Å². The minimum absolute atomic E-state index is 0. The zero-order valence-corrected chi connectivity index (χ0v) is 17.3. The number of amides is 1. The summed E-state index contributed by atoms with van der Waals surface area (Å²) in [6, 6.07) is 18.6. The van der Waals surface area contributed by atoms with E-state index in [1.54, 1.807) is 42.7 Å². The van der Waals surface area contributed by atoms with Gasteiger partial charge in [0.15, 0.2) is 0 Å². The van der Waals surface area contributed by atoms with Crippen LogP contribution in [0.25, 0.3) is 5.76 Å². The fourth-order valence-corrected chi connectivity index (χ4v) is 3.60. The van der Waals surface area contributed by atoms with Crippen molar-refractivity contribution in [2.75, 3.05) is 0 Å². The SMILES string of the molecule is Cl.O=C1C(=O)N(Cc2cccnc2)C(c2ccccc2)/C1=C(\O)c1ccc(Cl)cc1. The minimum atomic E-state index is -0.713. The molecule has 152 valence electrons. The molecule has 1 fully saturated rings. The van der Waals surface area contributed by atoms with E-state index in [0.717, 1.165) is 11.1 Å². The Morgan fingerprint density at radius 2 is 1.70 bits per heavy atom. The van der Waals surface area contributed by atoms with Crippen molar-refractivity contribution in [2.24, 2.45) is 0 Å². The van der Waals surface area contributed by atoms with Gasteiger partial charge >= 0.3 is 0 Å². The van der Waals surface area contributed by atoms with Crippen LogP contribution in [0.15, 0.2) is 84.7 Å². The van der Waals surface area contributed by atoms with E-state index in [2.05, 4.69) is 4.98 Å². The molecule has 0 bridgehead atoms. The molecule has 0 aliphatic carbocycles. The minimum Gasteiger partial charge on any atom is -0.507 e. The van der Waals surface area contributed by atoms with E-state index in [0.29, 0.717) is 10.6 Å². The van der Waals surface area contributed by atoms with Gasteiger partial charge in [0.1, 0.15) is 5.76 Å². The van der Waals surface area contributed by atoms with E-state index in [-0.39, 0.29) is 30.3 Å².